The highest BCUT2D eigenvalue weighted by molar-refractivity contribution is 6.24. The Hall–Kier alpha value is -11.3. The van der Waals surface area contributed by atoms with E-state index >= 15 is 0 Å². The van der Waals surface area contributed by atoms with E-state index in [0.717, 1.165) is 147 Å². The van der Waals surface area contributed by atoms with E-state index in [-0.39, 0.29) is 0 Å². The molecule has 0 atom stereocenters. The predicted molar refractivity (Wildman–Crippen MR) is 328 cm³/mol. The number of rotatable bonds is 5. The Morgan fingerprint density at radius 2 is 0.519 bits per heavy atom. The summed E-state index contributed by atoms with van der Waals surface area (Å²) in [5.41, 5.74) is 12.2. The fourth-order valence-corrected chi connectivity index (χ4v) is 12.9. The average Bonchev–Trinajstić information content (AvgIpc) is 4.36. The molecule has 0 aliphatic heterocycles. The van der Waals surface area contributed by atoms with E-state index in [0.29, 0.717) is 23.7 Å². The second-order valence-electron chi connectivity index (χ2n) is 20.7. The molecule has 0 radical (unpaired) electrons. The third kappa shape index (κ3) is 6.27. The first kappa shape index (κ1) is 43.8. The Labute approximate surface area is 459 Å². The Morgan fingerprint density at radius 3 is 0.926 bits per heavy atom. The molecular weight excluding hydrogens is 995 g/mol. The van der Waals surface area contributed by atoms with Crippen molar-refractivity contribution in [3.05, 3.63) is 237 Å². The minimum Gasteiger partial charge on any atom is -0.278 e. The largest absolute Gasteiger partial charge is 0.278 e. The Morgan fingerprint density at radius 1 is 0.210 bits per heavy atom. The van der Waals surface area contributed by atoms with Gasteiger partial charge >= 0.3 is 0 Å². The van der Waals surface area contributed by atoms with E-state index in [2.05, 4.69) is 226 Å². The molecule has 11 aromatic carbocycles. The van der Waals surface area contributed by atoms with Crippen molar-refractivity contribution in [2.45, 2.75) is 0 Å². The smallest absolute Gasteiger partial charge is 0.235 e. The lowest BCUT2D eigenvalue weighted by Gasteiger charge is -2.13. The van der Waals surface area contributed by atoms with Crippen LogP contribution < -0.4 is 0 Å². The standard InChI is InChI=1S/C70H39N11/c1-2-19-44-43(18-1)53-36-71-67(75-63(53)64-54(44)37-72-68(76-64)79-57-27-10-5-22-47(57)48-23-6-11-28-58(48)79)42-17-15-16-40(34-42)41-32-33-62-52(35-41)51-26-9-14-31-61(51)81(62)70-74-39-56-46-21-4-3-20-45(46)55-38-73-69(77-65(55)66(56)78-70)80-59-29-12-7-24-49(59)50-25-8-13-30-60(50)80/h1-39H. The molecule has 0 bridgehead atoms. The molecule has 0 N–H and O–H groups in total. The van der Waals surface area contributed by atoms with Gasteiger partial charge in [0.1, 0.15) is 22.1 Å². The maximum Gasteiger partial charge on any atom is 0.235 e. The Balaban J connectivity index is 0.779. The molecule has 11 nitrogen and oxygen atoms in total. The van der Waals surface area contributed by atoms with Gasteiger partial charge in [0, 0.05) is 84.2 Å². The maximum atomic E-state index is 5.50. The number of hydrogen-bond donors (Lipinski definition) is 0. The zero-order valence-electron chi connectivity index (χ0n) is 42.9. The van der Waals surface area contributed by atoms with E-state index in [1.807, 2.05) is 24.8 Å². The molecule has 0 unspecified atom stereocenters. The van der Waals surface area contributed by atoms with Crippen molar-refractivity contribution in [1.82, 2.24) is 53.6 Å². The number of nitrogens with zero attached hydrogens (tertiary/aromatic N) is 11. The van der Waals surface area contributed by atoms with Crippen LogP contribution in [0.25, 0.3) is 171 Å². The number of fused-ring (bicyclic) bond motifs is 21. The van der Waals surface area contributed by atoms with Gasteiger partial charge in [-0.05, 0) is 81.2 Å². The van der Waals surface area contributed by atoms with Gasteiger partial charge in [-0.1, -0.05) is 164 Å². The SMILES string of the molecule is c1cc(-c2ccc3c(c2)c2ccccc2n3-c2ncc3c4ccccc4c4cnc(-n5c6ccccc6c6ccccc65)nc4c3n2)cc(-c2ncc3c4ccccc4c4cnc(-n5c6ccccc6c6ccccc65)nc4c3n2)c1. The fourth-order valence-electron chi connectivity index (χ4n) is 12.9. The van der Waals surface area contributed by atoms with Gasteiger partial charge in [0.05, 0.1) is 33.1 Å². The predicted octanol–water partition coefficient (Wildman–Crippen LogP) is 16.4. The van der Waals surface area contributed by atoms with Crippen LogP contribution in [0.4, 0.5) is 0 Å². The second-order valence-corrected chi connectivity index (χ2v) is 20.7. The molecule has 18 rings (SSSR count). The van der Waals surface area contributed by atoms with Gasteiger partial charge in [-0.15, -0.1) is 0 Å². The van der Waals surface area contributed by atoms with Gasteiger partial charge in [-0.3, -0.25) is 13.7 Å². The van der Waals surface area contributed by atoms with Gasteiger partial charge < -0.3 is 0 Å². The first-order chi connectivity index (χ1) is 40.2. The molecule has 0 spiro atoms. The van der Waals surface area contributed by atoms with Crippen molar-refractivity contribution in [2.75, 3.05) is 0 Å². The molecule has 0 saturated carbocycles. The maximum absolute atomic E-state index is 5.50. The highest BCUT2D eigenvalue weighted by Gasteiger charge is 2.22. The number of benzene rings is 11. The molecule has 0 aliphatic rings. The summed E-state index contributed by atoms with van der Waals surface area (Å²) in [6.45, 7) is 0. The van der Waals surface area contributed by atoms with Crippen LogP contribution in [0.5, 0.6) is 0 Å². The number of hydrogen-bond acceptors (Lipinski definition) is 8. The van der Waals surface area contributed by atoms with E-state index in [1.165, 1.54) is 0 Å². The van der Waals surface area contributed by atoms with Gasteiger partial charge in [0.15, 0.2) is 5.82 Å². The second kappa shape index (κ2) is 16.6. The normalized spacial score (nSPS) is 12.2. The molecule has 81 heavy (non-hydrogen) atoms. The van der Waals surface area contributed by atoms with Crippen LogP contribution in [0, 0.1) is 0 Å². The van der Waals surface area contributed by atoms with E-state index in [4.69, 9.17) is 39.9 Å². The van der Waals surface area contributed by atoms with Crippen molar-refractivity contribution < 1.29 is 0 Å². The molecule has 7 heterocycles. The zero-order chi connectivity index (χ0) is 52.9. The molecule has 0 fully saturated rings. The van der Waals surface area contributed by atoms with E-state index in [1.54, 1.807) is 0 Å². The lowest BCUT2D eigenvalue weighted by molar-refractivity contribution is 1.00. The average molecular weight is 1030 g/mol. The van der Waals surface area contributed by atoms with Gasteiger partial charge in [-0.2, -0.15) is 0 Å². The summed E-state index contributed by atoms with van der Waals surface area (Å²) in [4.78, 5) is 42.0. The van der Waals surface area contributed by atoms with Gasteiger partial charge in [0.2, 0.25) is 17.8 Å². The summed E-state index contributed by atoms with van der Waals surface area (Å²) >= 11 is 0. The monoisotopic (exact) mass is 1030 g/mol. The first-order valence-corrected chi connectivity index (χ1v) is 27.0. The van der Waals surface area contributed by atoms with Crippen LogP contribution in [0.1, 0.15) is 0 Å². The third-order valence-electron chi connectivity index (χ3n) is 16.5. The van der Waals surface area contributed by atoms with Gasteiger partial charge in [0.25, 0.3) is 0 Å². The lowest BCUT2D eigenvalue weighted by atomic mass is 10.00. The summed E-state index contributed by atoms with van der Waals surface area (Å²) in [7, 11) is 0. The Kier molecular flexibility index (Phi) is 8.97. The first-order valence-electron chi connectivity index (χ1n) is 27.0. The molecule has 18 aromatic rings. The van der Waals surface area contributed by atoms with Crippen LogP contribution >= 0.6 is 0 Å². The molecule has 0 aliphatic carbocycles. The minimum atomic E-state index is 0.554. The molecule has 0 amide bonds. The molecular formula is C70H39N11. The lowest BCUT2D eigenvalue weighted by Crippen LogP contribution is -2.04. The van der Waals surface area contributed by atoms with Crippen molar-refractivity contribution in [3.8, 4) is 40.4 Å². The fraction of sp³-hybridized carbons (Fsp3) is 0. The van der Waals surface area contributed by atoms with Crippen molar-refractivity contribution in [1.29, 1.82) is 0 Å². The van der Waals surface area contributed by atoms with Crippen LogP contribution in [-0.4, -0.2) is 53.6 Å². The zero-order valence-corrected chi connectivity index (χ0v) is 42.9. The number of para-hydroxylation sites is 5. The Bertz CT molecular complexity index is 5650. The van der Waals surface area contributed by atoms with Gasteiger partial charge in [-0.25, -0.2) is 39.9 Å². The number of aromatic nitrogens is 11. The highest BCUT2D eigenvalue weighted by Crippen LogP contribution is 2.41. The van der Waals surface area contributed by atoms with Crippen molar-refractivity contribution >= 4 is 131 Å². The summed E-state index contributed by atoms with van der Waals surface area (Å²) in [6, 6.07) is 74.1. The van der Waals surface area contributed by atoms with Crippen molar-refractivity contribution in [3.63, 3.8) is 0 Å². The van der Waals surface area contributed by atoms with Crippen LogP contribution in [0.2, 0.25) is 0 Å². The highest BCUT2D eigenvalue weighted by atomic mass is 15.2. The van der Waals surface area contributed by atoms with Crippen LogP contribution in [0.15, 0.2) is 237 Å². The van der Waals surface area contributed by atoms with E-state index < -0.39 is 0 Å². The van der Waals surface area contributed by atoms with Crippen LogP contribution in [0.3, 0.4) is 0 Å². The summed E-state index contributed by atoms with van der Waals surface area (Å²) in [6.07, 6.45) is 7.82. The quantitative estimate of drug-likeness (QED) is 0.156. The van der Waals surface area contributed by atoms with E-state index in [9.17, 15) is 0 Å². The summed E-state index contributed by atoms with van der Waals surface area (Å²) in [5.74, 6) is 2.33. The topological polar surface area (TPSA) is 118 Å². The molecule has 7 aromatic heterocycles. The summed E-state index contributed by atoms with van der Waals surface area (Å²) in [5, 5.41) is 14.7. The van der Waals surface area contributed by atoms with Crippen LogP contribution in [-0.2, 0) is 0 Å². The minimum absolute atomic E-state index is 0.554. The molecule has 374 valence electrons. The molecule has 11 heteroatoms. The summed E-state index contributed by atoms with van der Waals surface area (Å²) < 4.78 is 6.49. The van der Waals surface area contributed by atoms with Crippen molar-refractivity contribution in [2.24, 2.45) is 0 Å². The third-order valence-corrected chi connectivity index (χ3v) is 16.5. The molecule has 0 saturated heterocycles.